The summed E-state index contributed by atoms with van der Waals surface area (Å²) in [5, 5.41) is 12.1. The van der Waals surface area contributed by atoms with Gasteiger partial charge >= 0.3 is 0 Å². The number of carbonyl (C=O) groups excluding carboxylic acids is 1. The maximum absolute atomic E-state index is 11.3. The number of amides is 1. The Morgan fingerprint density at radius 1 is 1.54 bits per heavy atom. The Hall–Kier alpha value is -0.0900. The molecule has 0 heterocycles. The normalized spacial score (nSPS) is 14.4. The molecule has 0 rings (SSSR count). The molecule has 0 radical (unpaired) electrons. The van der Waals surface area contributed by atoms with Gasteiger partial charge in [0.2, 0.25) is 5.91 Å². The van der Waals surface area contributed by atoms with Gasteiger partial charge in [0, 0.05) is 6.54 Å². The second-order valence-electron chi connectivity index (χ2n) is 3.99. The van der Waals surface area contributed by atoms with Gasteiger partial charge in [0.25, 0.3) is 0 Å². The summed E-state index contributed by atoms with van der Waals surface area (Å²) in [6.07, 6.45) is -0.473. The number of hydrogen-bond donors (Lipinski definition) is 2. The van der Waals surface area contributed by atoms with Gasteiger partial charge in [-0.05, 0) is 19.8 Å². The van der Waals surface area contributed by atoms with Crippen LogP contribution in [0.5, 0.6) is 0 Å². The van der Waals surface area contributed by atoms with Crippen molar-refractivity contribution in [1.82, 2.24) is 5.32 Å². The molecule has 2 N–H and O–H groups in total. The quantitative estimate of drug-likeness (QED) is 0.741. The van der Waals surface area contributed by atoms with Crippen molar-refractivity contribution in [3.05, 3.63) is 0 Å². The highest BCUT2D eigenvalue weighted by atomic mass is 79.9. The van der Waals surface area contributed by atoms with Crippen LogP contribution >= 0.6 is 15.9 Å². The van der Waals surface area contributed by atoms with Crippen molar-refractivity contribution in [2.75, 3.05) is 6.54 Å². The first kappa shape index (κ1) is 12.9. The number of aliphatic hydroxyl groups excluding tert-OH is 1. The van der Waals surface area contributed by atoms with Crippen LogP contribution in [0.15, 0.2) is 0 Å². The lowest BCUT2D eigenvalue weighted by Gasteiger charge is -2.19. The summed E-state index contributed by atoms with van der Waals surface area (Å²) >= 11 is 3.24. The highest BCUT2D eigenvalue weighted by Gasteiger charge is 2.23. The summed E-state index contributed by atoms with van der Waals surface area (Å²) in [4.78, 5) is 11.3. The smallest absolute Gasteiger partial charge is 0.236 e. The molecule has 0 aromatic heterocycles. The lowest BCUT2D eigenvalue weighted by Crippen LogP contribution is -2.42. The molecule has 1 unspecified atom stereocenters. The molecule has 0 saturated carbocycles. The van der Waals surface area contributed by atoms with E-state index in [9.17, 15) is 9.90 Å². The minimum atomic E-state index is -0.566. The van der Waals surface area contributed by atoms with Crippen LogP contribution in [0.25, 0.3) is 0 Å². The number of nitrogens with one attached hydrogen (secondary N) is 1. The fourth-order valence-electron chi connectivity index (χ4n) is 0.643. The average molecular weight is 252 g/mol. The predicted molar refractivity (Wildman–Crippen MR) is 56.9 cm³/mol. The molecular weight excluding hydrogens is 234 g/mol. The predicted octanol–water partition coefficient (Wildman–Crippen LogP) is 1.29. The first-order chi connectivity index (χ1) is 5.75. The number of aliphatic hydroxyl groups is 1. The largest absolute Gasteiger partial charge is 0.391 e. The molecule has 0 spiro atoms. The third kappa shape index (κ3) is 5.26. The molecule has 0 aliphatic carbocycles. The average Bonchev–Trinajstić information content (AvgIpc) is 1.97. The highest BCUT2D eigenvalue weighted by molar-refractivity contribution is 9.10. The van der Waals surface area contributed by atoms with E-state index in [4.69, 9.17) is 0 Å². The fraction of sp³-hybridized carbons (Fsp3) is 0.889. The summed E-state index contributed by atoms with van der Waals surface area (Å²) in [6, 6.07) is 0. The maximum atomic E-state index is 11.3. The number of rotatable bonds is 4. The Labute approximate surface area is 88.0 Å². The molecule has 0 saturated heterocycles. The SMILES string of the molecule is CC(C)C(O)CNC(=O)C(C)(C)Br. The van der Waals surface area contributed by atoms with Gasteiger partial charge in [0.1, 0.15) is 0 Å². The third-order valence-electron chi connectivity index (χ3n) is 1.78. The number of carbonyl (C=O) groups is 1. The minimum Gasteiger partial charge on any atom is -0.391 e. The Morgan fingerprint density at radius 3 is 2.31 bits per heavy atom. The van der Waals surface area contributed by atoms with E-state index in [-0.39, 0.29) is 11.8 Å². The van der Waals surface area contributed by atoms with Gasteiger partial charge in [-0.25, -0.2) is 0 Å². The molecule has 1 atom stereocenters. The third-order valence-corrected chi connectivity index (χ3v) is 2.14. The minimum absolute atomic E-state index is 0.104. The van der Waals surface area contributed by atoms with Gasteiger partial charge in [-0.3, -0.25) is 4.79 Å². The first-order valence-electron chi connectivity index (χ1n) is 4.40. The van der Waals surface area contributed by atoms with Crippen LogP contribution in [0.2, 0.25) is 0 Å². The molecule has 0 aliphatic rings. The molecule has 13 heavy (non-hydrogen) atoms. The molecule has 0 aromatic carbocycles. The molecular formula is C9H18BrNO2. The zero-order chi connectivity index (χ0) is 10.6. The van der Waals surface area contributed by atoms with Gasteiger partial charge in [0.15, 0.2) is 0 Å². The molecule has 0 aliphatic heterocycles. The van der Waals surface area contributed by atoms with Crippen molar-refractivity contribution in [3.8, 4) is 0 Å². The van der Waals surface area contributed by atoms with Crippen molar-refractivity contribution in [2.24, 2.45) is 5.92 Å². The summed E-state index contributed by atoms with van der Waals surface area (Å²) < 4.78 is -0.566. The van der Waals surface area contributed by atoms with E-state index in [1.165, 1.54) is 0 Å². The Bertz CT molecular complexity index is 175. The van der Waals surface area contributed by atoms with E-state index in [1.807, 2.05) is 13.8 Å². The molecule has 4 heteroatoms. The molecule has 78 valence electrons. The van der Waals surface area contributed by atoms with E-state index in [0.29, 0.717) is 6.54 Å². The van der Waals surface area contributed by atoms with E-state index < -0.39 is 10.4 Å². The van der Waals surface area contributed by atoms with E-state index >= 15 is 0 Å². The van der Waals surface area contributed by atoms with Crippen LogP contribution in [0.3, 0.4) is 0 Å². The first-order valence-corrected chi connectivity index (χ1v) is 5.19. The lowest BCUT2D eigenvalue weighted by molar-refractivity contribution is -0.123. The summed E-state index contributed by atoms with van der Waals surface area (Å²) in [5.74, 6) is 0.0611. The fourth-order valence-corrected chi connectivity index (χ4v) is 0.783. The summed E-state index contributed by atoms with van der Waals surface area (Å²) in [5.41, 5.74) is 0. The van der Waals surface area contributed by atoms with Crippen LogP contribution in [0.4, 0.5) is 0 Å². The van der Waals surface area contributed by atoms with E-state index in [2.05, 4.69) is 21.2 Å². The van der Waals surface area contributed by atoms with Crippen LogP contribution in [0, 0.1) is 5.92 Å². The topological polar surface area (TPSA) is 49.3 Å². The molecule has 0 aromatic rings. The van der Waals surface area contributed by atoms with Crippen molar-refractivity contribution < 1.29 is 9.90 Å². The van der Waals surface area contributed by atoms with E-state index in [1.54, 1.807) is 13.8 Å². The number of halogens is 1. The standard InChI is InChI=1S/C9H18BrNO2/c1-6(2)7(12)5-11-8(13)9(3,4)10/h6-7,12H,5H2,1-4H3,(H,11,13). The van der Waals surface area contributed by atoms with Gasteiger partial charge in [-0.15, -0.1) is 0 Å². The van der Waals surface area contributed by atoms with Gasteiger partial charge in [0.05, 0.1) is 10.4 Å². The second-order valence-corrected chi connectivity index (χ2v) is 5.98. The summed E-state index contributed by atoms with van der Waals surface area (Å²) in [6.45, 7) is 7.67. The lowest BCUT2D eigenvalue weighted by atomic mass is 10.1. The maximum Gasteiger partial charge on any atom is 0.236 e. The molecule has 0 fully saturated rings. The van der Waals surface area contributed by atoms with Gasteiger partial charge in [-0.2, -0.15) is 0 Å². The number of hydrogen-bond acceptors (Lipinski definition) is 2. The Balaban J connectivity index is 3.84. The van der Waals surface area contributed by atoms with Crippen molar-refractivity contribution >= 4 is 21.8 Å². The van der Waals surface area contributed by atoms with Crippen LogP contribution < -0.4 is 5.32 Å². The highest BCUT2D eigenvalue weighted by Crippen LogP contribution is 2.15. The van der Waals surface area contributed by atoms with Crippen LogP contribution in [-0.2, 0) is 4.79 Å². The van der Waals surface area contributed by atoms with Crippen molar-refractivity contribution in [2.45, 2.75) is 38.1 Å². The van der Waals surface area contributed by atoms with Crippen LogP contribution in [-0.4, -0.2) is 28.0 Å². The second kappa shape index (κ2) is 4.96. The molecule has 0 bridgehead atoms. The van der Waals surface area contributed by atoms with Gasteiger partial charge < -0.3 is 10.4 Å². The molecule has 1 amide bonds. The zero-order valence-electron chi connectivity index (χ0n) is 8.60. The zero-order valence-corrected chi connectivity index (χ0v) is 10.2. The van der Waals surface area contributed by atoms with E-state index in [0.717, 1.165) is 0 Å². The van der Waals surface area contributed by atoms with Crippen molar-refractivity contribution in [3.63, 3.8) is 0 Å². The summed E-state index contributed by atoms with van der Waals surface area (Å²) in [7, 11) is 0. The monoisotopic (exact) mass is 251 g/mol. The van der Waals surface area contributed by atoms with Crippen molar-refractivity contribution in [1.29, 1.82) is 0 Å². The Kier molecular flexibility index (Phi) is 4.92. The van der Waals surface area contributed by atoms with Gasteiger partial charge in [-0.1, -0.05) is 29.8 Å². The Morgan fingerprint density at radius 2 is 2.00 bits per heavy atom. The van der Waals surface area contributed by atoms with Crippen LogP contribution in [0.1, 0.15) is 27.7 Å². The molecule has 3 nitrogen and oxygen atoms in total. The number of alkyl halides is 1.